The summed E-state index contributed by atoms with van der Waals surface area (Å²) in [6.07, 6.45) is 1.43. The van der Waals surface area contributed by atoms with Crippen LogP contribution >= 0.6 is 0 Å². The highest BCUT2D eigenvalue weighted by Gasteiger charge is 2.38. The number of carboxylic acid groups (broad SMARTS) is 1. The highest BCUT2D eigenvalue weighted by atomic mass is 16.6. The van der Waals surface area contributed by atoms with E-state index in [1.807, 2.05) is 0 Å². The van der Waals surface area contributed by atoms with E-state index in [1.54, 1.807) is 7.11 Å². The average Bonchev–Trinajstić information content (AvgIpc) is 3.04. The maximum Gasteiger partial charge on any atom is 0.333 e. The van der Waals surface area contributed by atoms with Gasteiger partial charge in [0.1, 0.15) is 23.8 Å². The van der Waals surface area contributed by atoms with Crippen molar-refractivity contribution in [3.05, 3.63) is 18.0 Å². The summed E-state index contributed by atoms with van der Waals surface area (Å²) in [6, 6.07) is 1.40. The quantitative estimate of drug-likeness (QED) is 0.428. The van der Waals surface area contributed by atoms with Crippen molar-refractivity contribution in [2.24, 2.45) is 4.99 Å². The van der Waals surface area contributed by atoms with Crippen LogP contribution < -0.4 is 10.1 Å². The minimum atomic E-state index is -1.27. The molecule has 0 saturated carbocycles. The van der Waals surface area contributed by atoms with Gasteiger partial charge >= 0.3 is 5.97 Å². The maximum absolute atomic E-state index is 11.2. The van der Waals surface area contributed by atoms with Gasteiger partial charge in [0.2, 0.25) is 0 Å². The number of aliphatic imine (C=N–C) groups is 1. The SMILES string of the molecule is COCCOCCOCCOc1cnc(C2=NC(C)(C(=O)O)CN2)c(O)c1. The van der Waals surface area contributed by atoms with Crippen LogP contribution in [0.5, 0.6) is 11.5 Å². The number of aromatic hydroxyl groups is 1. The fourth-order valence-corrected chi connectivity index (χ4v) is 2.22. The minimum Gasteiger partial charge on any atom is -0.505 e. The van der Waals surface area contributed by atoms with Gasteiger partial charge in [-0.2, -0.15) is 0 Å². The van der Waals surface area contributed by atoms with E-state index in [1.165, 1.54) is 19.2 Å². The summed E-state index contributed by atoms with van der Waals surface area (Å²) in [7, 11) is 1.61. The molecule has 0 saturated heterocycles. The van der Waals surface area contributed by atoms with Gasteiger partial charge in [0.05, 0.1) is 45.8 Å². The van der Waals surface area contributed by atoms with Crippen LogP contribution in [-0.4, -0.2) is 85.8 Å². The van der Waals surface area contributed by atoms with E-state index >= 15 is 0 Å². The molecule has 27 heavy (non-hydrogen) atoms. The van der Waals surface area contributed by atoms with Crippen LogP contribution in [0.15, 0.2) is 17.3 Å². The number of nitrogens with zero attached hydrogens (tertiary/aromatic N) is 2. The van der Waals surface area contributed by atoms with Gasteiger partial charge in [-0.15, -0.1) is 0 Å². The lowest BCUT2D eigenvalue weighted by Gasteiger charge is -2.11. The molecule has 0 spiro atoms. The smallest absolute Gasteiger partial charge is 0.333 e. The predicted octanol–water partition coefficient (Wildman–Crippen LogP) is 0.0387. The Bertz CT molecular complexity index is 668. The fourth-order valence-electron chi connectivity index (χ4n) is 2.22. The number of pyridine rings is 1. The highest BCUT2D eigenvalue weighted by Crippen LogP contribution is 2.24. The third kappa shape index (κ3) is 6.05. The van der Waals surface area contributed by atoms with E-state index in [0.29, 0.717) is 38.8 Å². The number of aromatic nitrogens is 1. The van der Waals surface area contributed by atoms with Gasteiger partial charge in [-0.3, -0.25) is 0 Å². The first-order valence-electron chi connectivity index (χ1n) is 8.50. The second kappa shape index (κ2) is 10.0. The highest BCUT2D eigenvalue weighted by molar-refractivity contribution is 6.03. The Morgan fingerprint density at radius 2 is 1.89 bits per heavy atom. The van der Waals surface area contributed by atoms with Gasteiger partial charge in [-0.05, 0) is 6.92 Å². The van der Waals surface area contributed by atoms with Crippen LogP contribution in [0, 0.1) is 0 Å². The Kier molecular flexibility index (Phi) is 7.77. The summed E-state index contributed by atoms with van der Waals surface area (Å²) in [5.41, 5.74) is -1.10. The van der Waals surface area contributed by atoms with Gasteiger partial charge in [0.15, 0.2) is 11.4 Å². The van der Waals surface area contributed by atoms with E-state index in [9.17, 15) is 15.0 Å². The zero-order valence-electron chi connectivity index (χ0n) is 15.4. The first kappa shape index (κ1) is 20.9. The van der Waals surface area contributed by atoms with Crippen molar-refractivity contribution < 1.29 is 34.0 Å². The standard InChI is InChI=1S/C17H25N3O7/c1-17(16(22)23)11-19-15(20-17)14-13(21)9-12(10-18-14)27-8-7-26-6-5-25-4-3-24-2/h9-10,21H,3-8,11H2,1-2H3,(H,19,20)(H,22,23). The Morgan fingerprint density at radius 3 is 2.48 bits per heavy atom. The molecule has 1 unspecified atom stereocenters. The number of amidine groups is 1. The molecule has 0 aromatic carbocycles. The number of carboxylic acids is 1. The largest absolute Gasteiger partial charge is 0.505 e. The van der Waals surface area contributed by atoms with E-state index in [-0.39, 0.29) is 30.4 Å². The van der Waals surface area contributed by atoms with Crippen LogP contribution in [0.1, 0.15) is 12.6 Å². The molecule has 2 heterocycles. The molecule has 1 aliphatic rings. The molecular formula is C17H25N3O7. The van der Waals surface area contributed by atoms with Gasteiger partial charge in [-0.1, -0.05) is 0 Å². The Hall–Kier alpha value is -2.43. The summed E-state index contributed by atoms with van der Waals surface area (Å²) in [4.78, 5) is 19.4. The number of ether oxygens (including phenoxy) is 4. The number of nitrogens with one attached hydrogen (secondary N) is 1. The first-order chi connectivity index (χ1) is 13.0. The van der Waals surface area contributed by atoms with Gasteiger partial charge in [-0.25, -0.2) is 14.8 Å². The molecule has 0 aliphatic carbocycles. The van der Waals surface area contributed by atoms with E-state index < -0.39 is 11.5 Å². The van der Waals surface area contributed by atoms with Gasteiger partial charge < -0.3 is 34.5 Å². The van der Waals surface area contributed by atoms with Gasteiger partial charge in [0, 0.05) is 13.2 Å². The molecule has 0 fully saturated rings. The van der Waals surface area contributed by atoms with Crippen LogP contribution in [0.4, 0.5) is 0 Å². The molecule has 1 aromatic rings. The second-order valence-corrected chi connectivity index (χ2v) is 6.00. The predicted molar refractivity (Wildman–Crippen MR) is 95.5 cm³/mol. The van der Waals surface area contributed by atoms with Crippen LogP contribution in [0.2, 0.25) is 0 Å². The van der Waals surface area contributed by atoms with Crippen LogP contribution in [-0.2, 0) is 19.0 Å². The zero-order valence-corrected chi connectivity index (χ0v) is 15.4. The monoisotopic (exact) mass is 383 g/mol. The molecule has 1 aliphatic heterocycles. The summed E-state index contributed by atoms with van der Waals surface area (Å²) >= 11 is 0. The number of rotatable bonds is 12. The molecule has 10 heteroatoms. The lowest BCUT2D eigenvalue weighted by molar-refractivity contribution is -0.141. The van der Waals surface area contributed by atoms with Crippen molar-refractivity contribution in [2.45, 2.75) is 12.5 Å². The minimum absolute atomic E-state index is 0.129. The molecule has 1 aromatic heterocycles. The van der Waals surface area contributed by atoms with Crippen LogP contribution in [0.25, 0.3) is 0 Å². The first-order valence-corrected chi connectivity index (χ1v) is 8.50. The number of methoxy groups -OCH3 is 1. The molecular weight excluding hydrogens is 358 g/mol. The third-order valence-corrected chi connectivity index (χ3v) is 3.79. The van der Waals surface area contributed by atoms with Crippen molar-refractivity contribution in [2.75, 3.05) is 53.3 Å². The summed E-state index contributed by atoms with van der Waals surface area (Å²) in [6.45, 7) is 4.27. The normalized spacial score (nSPS) is 18.8. The number of hydrogen-bond donors (Lipinski definition) is 3. The lowest BCUT2D eigenvalue weighted by Crippen LogP contribution is -2.37. The van der Waals surface area contributed by atoms with Crippen molar-refractivity contribution in [3.8, 4) is 11.5 Å². The van der Waals surface area contributed by atoms with Crippen LogP contribution in [0.3, 0.4) is 0 Å². The molecule has 3 N–H and O–H groups in total. The molecule has 0 amide bonds. The molecule has 0 bridgehead atoms. The molecule has 0 radical (unpaired) electrons. The zero-order chi connectivity index (χ0) is 19.7. The molecule has 2 rings (SSSR count). The maximum atomic E-state index is 11.2. The number of aliphatic carboxylic acids is 1. The second-order valence-electron chi connectivity index (χ2n) is 6.00. The van der Waals surface area contributed by atoms with E-state index in [0.717, 1.165) is 0 Å². The van der Waals surface area contributed by atoms with Gasteiger partial charge in [0.25, 0.3) is 0 Å². The third-order valence-electron chi connectivity index (χ3n) is 3.79. The van der Waals surface area contributed by atoms with E-state index in [4.69, 9.17) is 18.9 Å². The summed E-state index contributed by atoms with van der Waals surface area (Å²) < 4.78 is 20.9. The summed E-state index contributed by atoms with van der Waals surface area (Å²) in [5, 5.41) is 22.2. The molecule has 10 nitrogen and oxygen atoms in total. The van der Waals surface area contributed by atoms with Crippen molar-refractivity contribution in [1.29, 1.82) is 0 Å². The topological polar surface area (TPSA) is 132 Å². The Morgan fingerprint density at radius 1 is 1.22 bits per heavy atom. The van der Waals surface area contributed by atoms with Crippen molar-refractivity contribution in [1.82, 2.24) is 10.3 Å². The molecule has 1 atom stereocenters. The fraction of sp³-hybridized carbons (Fsp3) is 0.588. The van der Waals surface area contributed by atoms with E-state index in [2.05, 4.69) is 15.3 Å². The lowest BCUT2D eigenvalue weighted by atomic mass is 10.1. The van der Waals surface area contributed by atoms with Crippen molar-refractivity contribution in [3.63, 3.8) is 0 Å². The Labute approximate surface area is 157 Å². The average molecular weight is 383 g/mol. The summed E-state index contributed by atoms with van der Waals surface area (Å²) in [5.74, 6) is -0.592. The van der Waals surface area contributed by atoms with Crippen molar-refractivity contribution >= 4 is 11.8 Å². The molecule has 150 valence electrons. The number of hydrogen-bond acceptors (Lipinski definition) is 9. The Balaban J connectivity index is 1.76. The number of carbonyl (C=O) groups is 1.